The molecule has 0 saturated heterocycles. The van der Waals surface area contributed by atoms with Gasteiger partial charge in [-0.1, -0.05) is 6.07 Å². The highest BCUT2D eigenvalue weighted by atomic mass is 19.1. The fourth-order valence-electron chi connectivity index (χ4n) is 2.23. The first-order chi connectivity index (χ1) is 10.6. The van der Waals surface area contributed by atoms with Gasteiger partial charge in [-0.3, -0.25) is 4.79 Å². The Labute approximate surface area is 130 Å². The van der Waals surface area contributed by atoms with E-state index in [1.807, 2.05) is 24.3 Å². The van der Waals surface area contributed by atoms with E-state index in [4.69, 9.17) is 4.74 Å². The van der Waals surface area contributed by atoms with Gasteiger partial charge in [-0.25, -0.2) is 4.39 Å². The third-order valence-electron chi connectivity index (χ3n) is 3.48. The van der Waals surface area contributed by atoms with Crippen molar-refractivity contribution in [1.29, 1.82) is 0 Å². The van der Waals surface area contributed by atoms with Crippen molar-refractivity contribution in [2.45, 2.75) is 13.8 Å². The van der Waals surface area contributed by atoms with Crippen LogP contribution in [0.2, 0.25) is 0 Å². The zero-order valence-electron chi connectivity index (χ0n) is 12.9. The maximum Gasteiger partial charge on any atom is 0.200 e. The van der Waals surface area contributed by atoms with Crippen LogP contribution in [0.4, 0.5) is 10.1 Å². The Bertz CT molecular complexity index is 621. The molecule has 0 heterocycles. The van der Waals surface area contributed by atoms with Gasteiger partial charge in [-0.2, -0.15) is 0 Å². The van der Waals surface area contributed by atoms with E-state index in [0.717, 1.165) is 18.8 Å². The van der Waals surface area contributed by atoms with E-state index >= 15 is 0 Å². The molecule has 0 aliphatic carbocycles. The summed E-state index contributed by atoms with van der Waals surface area (Å²) in [6, 6.07) is 13.1. The molecule has 2 aromatic rings. The summed E-state index contributed by atoms with van der Waals surface area (Å²) in [5.74, 6) is 0.123. The maximum atomic E-state index is 12.8. The SMILES string of the molecule is CCN(CC)c1cccc(OCC(=O)c2ccc(F)cc2)c1. The van der Waals surface area contributed by atoms with Crippen LogP contribution in [0.1, 0.15) is 24.2 Å². The lowest BCUT2D eigenvalue weighted by Gasteiger charge is -2.21. The van der Waals surface area contributed by atoms with E-state index in [1.54, 1.807) is 0 Å². The summed E-state index contributed by atoms with van der Waals surface area (Å²) < 4.78 is 18.4. The van der Waals surface area contributed by atoms with Crippen LogP contribution < -0.4 is 9.64 Å². The van der Waals surface area contributed by atoms with E-state index < -0.39 is 0 Å². The van der Waals surface area contributed by atoms with Crippen molar-refractivity contribution >= 4 is 11.5 Å². The molecule has 0 atom stereocenters. The quantitative estimate of drug-likeness (QED) is 0.726. The number of Topliss-reactive ketones (excluding diaryl/α,β-unsaturated/α-hetero) is 1. The Morgan fingerprint density at radius 2 is 1.77 bits per heavy atom. The molecule has 116 valence electrons. The second-order valence-corrected chi connectivity index (χ2v) is 4.89. The van der Waals surface area contributed by atoms with Crippen LogP contribution in [-0.4, -0.2) is 25.5 Å². The predicted octanol–water partition coefficient (Wildman–Crippen LogP) is 3.93. The van der Waals surface area contributed by atoms with E-state index in [0.29, 0.717) is 11.3 Å². The minimum Gasteiger partial charge on any atom is -0.485 e. The lowest BCUT2D eigenvalue weighted by molar-refractivity contribution is 0.0921. The van der Waals surface area contributed by atoms with Gasteiger partial charge < -0.3 is 9.64 Å². The lowest BCUT2D eigenvalue weighted by atomic mass is 10.1. The largest absolute Gasteiger partial charge is 0.485 e. The number of anilines is 1. The van der Waals surface area contributed by atoms with Crippen LogP contribution in [0, 0.1) is 5.82 Å². The van der Waals surface area contributed by atoms with Gasteiger partial charge in [0, 0.05) is 30.4 Å². The Morgan fingerprint density at radius 3 is 2.41 bits per heavy atom. The summed E-state index contributed by atoms with van der Waals surface area (Å²) in [4.78, 5) is 14.2. The van der Waals surface area contributed by atoms with Crippen LogP contribution >= 0.6 is 0 Å². The Morgan fingerprint density at radius 1 is 1.09 bits per heavy atom. The van der Waals surface area contributed by atoms with Gasteiger partial charge in [0.05, 0.1) is 0 Å². The summed E-state index contributed by atoms with van der Waals surface area (Å²) in [7, 11) is 0. The minimum absolute atomic E-state index is 0.0622. The van der Waals surface area contributed by atoms with Crippen molar-refractivity contribution in [3.05, 3.63) is 59.9 Å². The standard InChI is InChI=1S/C18H20FNO2/c1-3-20(4-2)16-6-5-7-17(12-16)22-13-18(21)14-8-10-15(19)11-9-14/h5-12H,3-4,13H2,1-2H3. The second-order valence-electron chi connectivity index (χ2n) is 4.89. The van der Waals surface area contributed by atoms with Gasteiger partial charge in [-0.15, -0.1) is 0 Å². The van der Waals surface area contributed by atoms with Crippen molar-refractivity contribution in [3.8, 4) is 5.75 Å². The van der Waals surface area contributed by atoms with Crippen LogP contribution in [0.25, 0.3) is 0 Å². The second kappa shape index (κ2) is 7.59. The number of hydrogen-bond donors (Lipinski definition) is 0. The average molecular weight is 301 g/mol. The normalized spacial score (nSPS) is 10.3. The fourth-order valence-corrected chi connectivity index (χ4v) is 2.23. The number of hydrogen-bond acceptors (Lipinski definition) is 3. The molecule has 0 aliphatic heterocycles. The van der Waals surface area contributed by atoms with Gasteiger partial charge in [0.25, 0.3) is 0 Å². The molecule has 2 aromatic carbocycles. The van der Waals surface area contributed by atoms with Gasteiger partial charge in [0.1, 0.15) is 11.6 Å². The van der Waals surface area contributed by atoms with Gasteiger partial charge in [0.2, 0.25) is 0 Å². The third-order valence-corrected chi connectivity index (χ3v) is 3.48. The molecular formula is C18H20FNO2. The highest BCUT2D eigenvalue weighted by Gasteiger charge is 2.08. The molecule has 0 aliphatic rings. The smallest absolute Gasteiger partial charge is 0.200 e. The Hall–Kier alpha value is -2.36. The molecule has 0 saturated carbocycles. The zero-order valence-corrected chi connectivity index (χ0v) is 12.9. The van der Waals surface area contributed by atoms with Crippen molar-refractivity contribution in [1.82, 2.24) is 0 Å². The van der Waals surface area contributed by atoms with Crippen molar-refractivity contribution < 1.29 is 13.9 Å². The van der Waals surface area contributed by atoms with Crippen molar-refractivity contribution in [3.63, 3.8) is 0 Å². The molecule has 0 N–H and O–H groups in total. The van der Waals surface area contributed by atoms with Crippen molar-refractivity contribution in [2.75, 3.05) is 24.6 Å². The summed E-state index contributed by atoms with van der Waals surface area (Å²) in [5.41, 5.74) is 1.51. The molecule has 0 aromatic heterocycles. The first-order valence-corrected chi connectivity index (χ1v) is 7.40. The highest BCUT2D eigenvalue weighted by molar-refractivity contribution is 5.97. The minimum atomic E-state index is -0.357. The summed E-state index contributed by atoms with van der Waals surface area (Å²) in [6.07, 6.45) is 0. The van der Waals surface area contributed by atoms with Gasteiger partial charge >= 0.3 is 0 Å². The molecule has 0 spiro atoms. The van der Waals surface area contributed by atoms with E-state index in [2.05, 4.69) is 18.7 Å². The van der Waals surface area contributed by atoms with Crippen LogP contribution in [0.3, 0.4) is 0 Å². The number of benzene rings is 2. The maximum absolute atomic E-state index is 12.8. The molecule has 2 rings (SSSR count). The predicted molar refractivity (Wildman–Crippen MR) is 86.2 cm³/mol. The molecular weight excluding hydrogens is 281 g/mol. The topological polar surface area (TPSA) is 29.5 Å². The van der Waals surface area contributed by atoms with Gasteiger partial charge in [-0.05, 0) is 50.2 Å². The van der Waals surface area contributed by atoms with Crippen LogP contribution in [-0.2, 0) is 0 Å². The third kappa shape index (κ3) is 4.07. The Kier molecular flexibility index (Phi) is 5.53. The summed E-state index contributed by atoms with van der Waals surface area (Å²) >= 11 is 0. The number of halogens is 1. The highest BCUT2D eigenvalue weighted by Crippen LogP contribution is 2.21. The van der Waals surface area contributed by atoms with Crippen LogP contribution in [0.15, 0.2) is 48.5 Å². The number of carbonyl (C=O) groups excluding carboxylic acids is 1. The van der Waals surface area contributed by atoms with Gasteiger partial charge in [0.15, 0.2) is 12.4 Å². The monoisotopic (exact) mass is 301 g/mol. The molecule has 0 radical (unpaired) electrons. The van der Waals surface area contributed by atoms with E-state index in [1.165, 1.54) is 24.3 Å². The number of ketones is 1. The summed E-state index contributed by atoms with van der Waals surface area (Å²) in [5, 5.41) is 0. The molecule has 3 nitrogen and oxygen atoms in total. The zero-order chi connectivity index (χ0) is 15.9. The van der Waals surface area contributed by atoms with E-state index in [9.17, 15) is 9.18 Å². The van der Waals surface area contributed by atoms with Crippen LogP contribution in [0.5, 0.6) is 5.75 Å². The number of rotatable bonds is 7. The van der Waals surface area contributed by atoms with Crippen molar-refractivity contribution in [2.24, 2.45) is 0 Å². The molecule has 22 heavy (non-hydrogen) atoms. The lowest BCUT2D eigenvalue weighted by Crippen LogP contribution is -2.21. The molecule has 4 heteroatoms. The number of carbonyl (C=O) groups is 1. The molecule has 0 bridgehead atoms. The average Bonchev–Trinajstić information content (AvgIpc) is 2.55. The molecule has 0 amide bonds. The van der Waals surface area contributed by atoms with E-state index in [-0.39, 0.29) is 18.2 Å². The fraction of sp³-hybridized carbons (Fsp3) is 0.278. The first kappa shape index (κ1) is 16.0. The number of ether oxygens (including phenoxy) is 1. The molecule has 0 unspecified atom stereocenters. The number of nitrogens with zero attached hydrogens (tertiary/aromatic N) is 1. The first-order valence-electron chi connectivity index (χ1n) is 7.40. The summed E-state index contributed by atoms with van der Waals surface area (Å²) in [6.45, 7) is 5.94. The Balaban J connectivity index is 2.00. The molecule has 0 fully saturated rings.